The topological polar surface area (TPSA) is 57.7 Å². The molecule has 5 nitrogen and oxygen atoms in total. The molecule has 0 aromatic heterocycles. The van der Waals surface area contributed by atoms with Crippen molar-refractivity contribution in [2.75, 3.05) is 25.1 Å². The first kappa shape index (κ1) is 28.0. The monoisotopic (exact) mass is 550 g/mol. The van der Waals surface area contributed by atoms with Crippen molar-refractivity contribution in [3.8, 4) is 0 Å². The number of fused-ring (bicyclic) bond motifs is 2. The van der Waals surface area contributed by atoms with Crippen LogP contribution in [0.25, 0.3) is 0 Å². The second-order valence-electron chi connectivity index (χ2n) is 13.8. The Morgan fingerprint density at radius 2 is 1.63 bits per heavy atom. The van der Waals surface area contributed by atoms with Crippen LogP contribution >= 0.6 is 0 Å². The summed E-state index contributed by atoms with van der Waals surface area (Å²) < 4.78 is 54.0. The van der Waals surface area contributed by atoms with Crippen LogP contribution in [0.4, 0.5) is 8.78 Å². The number of amides is 1. The summed E-state index contributed by atoms with van der Waals surface area (Å²) in [6.07, 6.45) is 10.4. The molecule has 1 aromatic carbocycles. The van der Waals surface area contributed by atoms with E-state index in [-0.39, 0.29) is 40.6 Å². The molecule has 1 saturated carbocycles. The number of carbonyl (C=O) groups excluding carboxylic acids is 1. The first-order chi connectivity index (χ1) is 17.8. The number of hydrogen-bond donors (Lipinski definition) is 0. The molecular weight excluding hydrogens is 506 g/mol. The molecular formula is C30H44F2N2O3S. The van der Waals surface area contributed by atoms with Gasteiger partial charge in [-0.15, -0.1) is 0 Å². The summed E-state index contributed by atoms with van der Waals surface area (Å²) in [6.45, 7) is 7.40. The second-order valence-corrected chi connectivity index (χ2v) is 15.9. The van der Waals surface area contributed by atoms with Gasteiger partial charge in [-0.1, -0.05) is 25.3 Å². The Bertz CT molecular complexity index is 1140. The summed E-state index contributed by atoms with van der Waals surface area (Å²) in [5.74, 6) is -1.28. The SMILES string of the molecule is CC(C)(C)N1CC(C(=O)N2C3CCC2CC(CS(C)(=O)=O)(C2CCCCC2)C3)C(c2ccc(F)cc2F)C1. The Balaban J connectivity index is 1.44. The van der Waals surface area contributed by atoms with E-state index in [0.29, 0.717) is 24.6 Å². The smallest absolute Gasteiger partial charge is 0.228 e. The van der Waals surface area contributed by atoms with Crippen molar-refractivity contribution in [2.24, 2.45) is 17.3 Å². The molecule has 4 fully saturated rings. The molecule has 3 aliphatic heterocycles. The first-order valence-corrected chi connectivity index (χ1v) is 16.5. The molecule has 38 heavy (non-hydrogen) atoms. The van der Waals surface area contributed by atoms with E-state index >= 15 is 0 Å². The number of rotatable bonds is 5. The number of likely N-dealkylation sites (tertiary alicyclic amines) is 1. The number of halogens is 2. The maximum Gasteiger partial charge on any atom is 0.228 e. The largest absolute Gasteiger partial charge is 0.336 e. The van der Waals surface area contributed by atoms with E-state index in [4.69, 9.17) is 0 Å². The molecule has 0 radical (unpaired) electrons. The van der Waals surface area contributed by atoms with Gasteiger partial charge in [0.1, 0.15) is 21.5 Å². The molecule has 3 heterocycles. The molecule has 4 unspecified atom stereocenters. The van der Waals surface area contributed by atoms with Crippen LogP contribution in [0.1, 0.15) is 90.0 Å². The lowest BCUT2D eigenvalue weighted by atomic mass is 9.63. The molecule has 4 aliphatic rings. The zero-order valence-electron chi connectivity index (χ0n) is 23.4. The van der Waals surface area contributed by atoms with E-state index < -0.39 is 27.4 Å². The van der Waals surface area contributed by atoms with Gasteiger partial charge in [0.2, 0.25) is 5.91 Å². The summed E-state index contributed by atoms with van der Waals surface area (Å²) in [5, 5.41) is 0. The molecule has 4 atom stereocenters. The standard InChI is InChI=1S/C30H44F2N2O3S/c1-29(2,3)33-17-25(24-13-10-21(31)14-27(24)32)26(18-33)28(35)34-22-11-12-23(34)16-30(15-22,19-38(4,36)37)20-8-6-5-7-9-20/h10,13-14,20,22-23,25-26H,5-9,11-12,15-19H2,1-4H3. The summed E-state index contributed by atoms with van der Waals surface area (Å²) in [4.78, 5) is 18.7. The molecule has 3 saturated heterocycles. The zero-order chi connectivity index (χ0) is 27.5. The van der Waals surface area contributed by atoms with Crippen molar-refractivity contribution >= 4 is 15.7 Å². The van der Waals surface area contributed by atoms with E-state index in [1.807, 2.05) is 0 Å². The molecule has 212 valence electrons. The van der Waals surface area contributed by atoms with Crippen LogP contribution in [-0.2, 0) is 14.6 Å². The summed E-state index contributed by atoms with van der Waals surface area (Å²) in [5.41, 5.74) is -0.0304. The minimum absolute atomic E-state index is 0.0346. The molecule has 1 aliphatic carbocycles. The van der Waals surface area contributed by atoms with Crippen LogP contribution in [0.2, 0.25) is 0 Å². The Hall–Kier alpha value is -1.54. The highest BCUT2D eigenvalue weighted by Crippen LogP contribution is 2.54. The molecule has 0 spiro atoms. The highest BCUT2D eigenvalue weighted by molar-refractivity contribution is 7.90. The Morgan fingerprint density at radius 1 is 1.00 bits per heavy atom. The van der Waals surface area contributed by atoms with E-state index in [1.54, 1.807) is 0 Å². The van der Waals surface area contributed by atoms with Gasteiger partial charge in [0, 0.05) is 49.0 Å². The Labute approximate surface area is 227 Å². The van der Waals surface area contributed by atoms with Crippen LogP contribution in [0, 0.1) is 28.9 Å². The lowest BCUT2D eigenvalue weighted by Crippen LogP contribution is -2.56. The van der Waals surface area contributed by atoms with Crippen molar-refractivity contribution in [3.05, 3.63) is 35.4 Å². The van der Waals surface area contributed by atoms with Gasteiger partial charge in [-0.3, -0.25) is 9.69 Å². The minimum Gasteiger partial charge on any atom is -0.336 e. The third kappa shape index (κ3) is 5.41. The number of carbonyl (C=O) groups is 1. The summed E-state index contributed by atoms with van der Waals surface area (Å²) >= 11 is 0. The maximum atomic E-state index is 15.0. The van der Waals surface area contributed by atoms with Crippen LogP contribution in [0.3, 0.4) is 0 Å². The first-order valence-electron chi connectivity index (χ1n) is 14.5. The summed E-state index contributed by atoms with van der Waals surface area (Å²) in [6, 6.07) is 3.78. The molecule has 5 rings (SSSR count). The number of sulfone groups is 1. The zero-order valence-corrected chi connectivity index (χ0v) is 24.2. The average Bonchev–Trinajstić information content (AvgIpc) is 3.38. The number of hydrogen-bond acceptors (Lipinski definition) is 4. The van der Waals surface area contributed by atoms with Crippen LogP contribution < -0.4 is 0 Å². The number of benzene rings is 1. The normalized spacial score (nSPS) is 33.2. The van der Waals surface area contributed by atoms with Gasteiger partial charge in [-0.25, -0.2) is 17.2 Å². The fourth-order valence-corrected chi connectivity index (χ4v) is 9.98. The van der Waals surface area contributed by atoms with Gasteiger partial charge in [0.15, 0.2) is 0 Å². The maximum absolute atomic E-state index is 15.0. The highest BCUT2D eigenvalue weighted by Gasteiger charge is 2.56. The lowest BCUT2D eigenvalue weighted by Gasteiger charge is -2.51. The van der Waals surface area contributed by atoms with Crippen LogP contribution in [0.15, 0.2) is 18.2 Å². The van der Waals surface area contributed by atoms with Gasteiger partial charge in [0.25, 0.3) is 0 Å². The number of piperidine rings is 1. The van der Waals surface area contributed by atoms with Crippen molar-refractivity contribution in [3.63, 3.8) is 0 Å². The molecule has 8 heteroatoms. The van der Waals surface area contributed by atoms with Crippen molar-refractivity contribution < 1.29 is 22.0 Å². The van der Waals surface area contributed by atoms with Gasteiger partial charge < -0.3 is 4.90 Å². The molecule has 1 amide bonds. The van der Waals surface area contributed by atoms with Gasteiger partial charge in [0.05, 0.1) is 11.7 Å². The van der Waals surface area contributed by atoms with Gasteiger partial charge in [-0.05, 0) is 82.3 Å². The summed E-state index contributed by atoms with van der Waals surface area (Å²) in [7, 11) is -3.16. The third-order valence-electron chi connectivity index (χ3n) is 10.1. The van der Waals surface area contributed by atoms with Gasteiger partial charge >= 0.3 is 0 Å². The highest BCUT2D eigenvalue weighted by atomic mass is 32.2. The fraction of sp³-hybridized carbons (Fsp3) is 0.767. The Kier molecular flexibility index (Phi) is 7.47. The predicted octanol–water partition coefficient (Wildman–Crippen LogP) is 5.54. The van der Waals surface area contributed by atoms with Crippen LogP contribution in [0.5, 0.6) is 0 Å². The second kappa shape index (κ2) is 10.1. The van der Waals surface area contributed by atoms with E-state index in [0.717, 1.165) is 57.4 Å². The minimum atomic E-state index is -3.16. The van der Waals surface area contributed by atoms with Crippen molar-refractivity contribution in [1.82, 2.24) is 9.80 Å². The van der Waals surface area contributed by atoms with Crippen molar-refractivity contribution in [1.29, 1.82) is 0 Å². The molecule has 2 bridgehead atoms. The van der Waals surface area contributed by atoms with E-state index in [2.05, 4.69) is 30.6 Å². The van der Waals surface area contributed by atoms with Crippen LogP contribution in [-0.4, -0.2) is 66.8 Å². The molecule has 0 N–H and O–H groups in total. The third-order valence-corrected chi connectivity index (χ3v) is 11.2. The average molecular weight is 551 g/mol. The Morgan fingerprint density at radius 3 is 2.18 bits per heavy atom. The van der Waals surface area contributed by atoms with Crippen molar-refractivity contribution in [2.45, 2.75) is 102 Å². The fourth-order valence-electron chi connectivity index (χ4n) is 8.46. The quantitative estimate of drug-likeness (QED) is 0.483. The van der Waals surface area contributed by atoms with E-state index in [1.165, 1.54) is 24.8 Å². The predicted molar refractivity (Wildman–Crippen MR) is 146 cm³/mol. The lowest BCUT2D eigenvalue weighted by molar-refractivity contribution is -0.143. The number of nitrogens with zero attached hydrogens (tertiary/aromatic N) is 2. The van der Waals surface area contributed by atoms with E-state index in [9.17, 15) is 22.0 Å². The molecule has 1 aromatic rings. The van der Waals surface area contributed by atoms with Gasteiger partial charge in [-0.2, -0.15) is 0 Å².